The van der Waals surface area contributed by atoms with Crippen LogP contribution in [0.1, 0.15) is 45.7 Å². The van der Waals surface area contributed by atoms with Crippen molar-refractivity contribution in [3.63, 3.8) is 0 Å². The van der Waals surface area contributed by atoms with E-state index in [1.165, 1.54) is 0 Å². The Morgan fingerprint density at radius 3 is 2.57 bits per heavy atom. The normalized spacial score (nSPS) is 18.0. The second-order valence-electron chi connectivity index (χ2n) is 8.34. The lowest BCUT2D eigenvalue weighted by atomic mass is 9.92. The lowest BCUT2D eigenvalue weighted by Crippen LogP contribution is -2.50. The van der Waals surface area contributed by atoms with E-state index >= 15 is 0 Å². The number of para-hydroxylation sites is 1. The van der Waals surface area contributed by atoms with Crippen LogP contribution in [0.25, 0.3) is 5.69 Å². The summed E-state index contributed by atoms with van der Waals surface area (Å²) in [4.78, 5) is 26.3. The summed E-state index contributed by atoms with van der Waals surface area (Å²) in [6.07, 6.45) is 2.63. The summed E-state index contributed by atoms with van der Waals surface area (Å²) < 4.78 is 1.75. The van der Waals surface area contributed by atoms with Gasteiger partial charge in [0.1, 0.15) is 5.82 Å². The molecule has 1 aromatic carbocycles. The molecule has 0 spiro atoms. The Morgan fingerprint density at radius 2 is 1.93 bits per heavy atom. The zero-order valence-electron chi connectivity index (χ0n) is 16.8. The Labute approximate surface area is 165 Å². The van der Waals surface area contributed by atoms with E-state index in [0.29, 0.717) is 18.8 Å². The highest BCUT2D eigenvalue weighted by Crippen LogP contribution is 2.26. The highest BCUT2D eigenvalue weighted by atomic mass is 16.2. The van der Waals surface area contributed by atoms with E-state index in [1.54, 1.807) is 4.68 Å². The molecule has 3 N–H and O–H groups in total. The molecular formula is C21H29N5O2. The molecule has 2 aromatic rings. The van der Waals surface area contributed by atoms with Gasteiger partial charge in [-0.15, -0.1) is 0 Å². The Kier molecular flexibility index (Phi) is 5.84. The number of aromatic nitrogens is 2. The van der Waals surface area contributed by atoms with Gasteiger partial charge in [0.15, 0.2) is 0 Å². The predicted octanol–water partition coefficient (Wildman–Crippen LogP) is 2.45. The average molecular weight is 383 g/mol. The molecule has 1 saturated heterocycles. The molecule has 1 aliphatic rings. The highest BCUT2D eigenvalue weighted by Gasteiger charge is 2.29. The van der Waals surface area contributed by atoms with E-state index in [2.05, 4.69) is 26.1 Å². The molecule has 0 unspecified atom stereocenters. The maximum absolute atomic E-state index is 12.7. The van der Waals surface area contributed by atoms with Crippen molar-refractivity contribution in [3.8, 4) is 5.69 Å². The monoisotopic (exact) mass is 383 g/mol. The summed E-state index contributed by atoms with van der Waals surface area (Å²) in [5.74, 6) is 0.0799. The van der Waals surface area contributed by atoms with E-state index in [0.717, 1.165) is 24.2 Å². The van der Waals surface area contributed by atoms with Gasteiger partial charge in [-0.3, -0.25) is 14.5 Å². The quantitative estimate of drug-likeness (QED) is 0.829. The number of amides is 2. The Bertz CT molecular complexity index is 838. The number of benzene rings is 1. The van der Waals surface area contributed by atoms with Crippen LogP contribution < -0.4 is 11.1 Å². The molecule has 1 aliphatic heterocycles. The third kappa shape index (κ3) is 4.59. The number of carbonyl (C=O) groups is 2. The van der Waals surface area contributed by atoms with Crippen molar-refractivity contribution in [2.45, 2.75) is 51.5 Å². The van der Waals surface area contributed by atoms with Crippen molar-refractivity contribution in [2.75, 3.05) is 18.4 Å². The van der Waals surface area contributed by atoms with Crippen LogP contribution >= 0.6 is 0 Å². The van der Waals surface area contributed by atoms with Gasteiger partial charge in [0.25, 0.3) is 0 Å². The summed E-state index contributed by atoms with van der Waals surface area (Å²) in [5.41, 5.74) is 7.13. The zero-order chi connectivity index (χ0) is 20.3. The number of anilines is 1. The van der Waals surface area contributed by atoms with Crippen LogP contribution in [0.3, 0.4) is 0 Å². The van der Waals surface area contributed by atoms with Gasteiger partial charge in [-0.1, -0.05) is 45.4 Å². The minimum absolute atomic E-state index is 0.137. The fraction of sp³-hybridized carbons (Fsp3) is 0.476. The van der Waals surface area contributed by atoms with Gasteiger partial charge < -0.3 is 11.1 Å². The van der Waals surface area contributed by atoms with Crippen LogP contribution in [0, 0.1) is 0 Å². The highest BCUT2D eigenvalue weighted by molar-refractivity contribution is 5.92. The SMILES string of the molecule is CC(C)(C)c1cc(NC(=O)CN2CCCC[C@@H]2C(N)=O)n(-c2ccccc2)n1. The number of hydrogen-bond donors (Lipinski definition) is 2. The number of nitrogens with two attached hydrogens (primary N) is 1. The molecule has 0 aliphatic carbocycles. The second-order valence-corrected chi connectivity index (χ2v) is 8.34. The van der Waals surface area contributed by atoms with E-state index in [-0.39, 0.29) is 29.8 Å². The first-order valence-electron chi connectivity index (χ1n) is 9.75. The van der Waals surface area contributed by atoms with E-state index in [1.807, 2.05) is 41.3 Å². The van der Waals surface area contributed by atoms with Crippen LogP contribution in [0.5, 0.6) is 0 Å². The van der Waals surface area contributed by atoms with E-state index in [4.69, 9.17) is 10.8 Å². The molecule has 2 amide bonds. The zero-order valence-corrected chi connectivity index (χ0v) is 16.8. The first-order valence-corrected chi connectivity index (χ1v) is 9.75. The molecule has 150 valence electrons. The Balaban J connectivity index is 1.81. The standard InChI is InChI=1S/C21H29N5O2/c1-21(2,3)17-13-18(26(24-17)15-9-5-4-6-10-15)23-19(27)14-25-12-8-7-11-16(25)20(22)28/h4-6,9-10,13,16H,7-8,11-12,14H2,1-3H3,(H2,22,28)(H,23,27)/t16-/m1/s1. The van der Waals surface area contributed by atoms with Gasteiger partial charge in [0, 0.05) is 11.5 Å². The lowest BCUT2D eigenvalue weighted by Gasteiger charge is -2.32. The number of nitrogens with one attached hydrogen (secondary N) is 1. The molecular weight excluding hydrogens is 354 g/mol. The first-order chi connectivity index (χ1) is 13.3. The van der Waals surface area contributed by atoms with Gasteiger partial charge in [-0.25, -0.2) is 4.68 Å². The third-order valence-electron chi connectivity index (χ3n) is 5.03. The smallest absolute Gasteiger partial charge is 0.239 e. The summed E-state index contributed by atoms with van der Waals surface area (Å²) >= 11 is 0. The molecule has 7 heteroatoms. The molecule has 0 saturated carbocycles. The van der Waals surface area contributed by atoms with Crippen LogP contribution in [-0.4, -0.2) is 45.6 Å². The van der Waals surface area contributed by atoms with Crippen molar-refractivity contribution in [1.82, 2.24) is 14.7 Å². The van der Waals surface area contributed by atoms with Gasteiger partial charge in [-0.2, -0.15) is 5.10 Å². The van der Waals surface area contributed by atoms with Crippen molar-refractivity contribution in [1.29, 1.82) is 0 Å². The van der Waals surface area contributed by atoms with Crippen molar-refractivity contribution in [3.05, 3.63) is 42.1 Å². The molecule has 28 heavy (non-hydrogen) atoms. The molecule has 3 rings (SSSR count). The number of primary amides is 1. The molecule has 0 bridgehead atoms. The topological polar surface area (TPSA) is 93.3 Å². The number of piperidine rings is 1. The average Bonchev–Trinajstić information content (AvgIpc) is 3.06. The van der Waals surface area contributed by atoms with Gasteiger partial charge in [-0.05, 0) is 31.5 Å². The fourth-order valence-corrected chi connectivity index (χ4v) is 3.47. The number of hydrogen-bond acceptors (Lipinski definition) is 4. The molecule has 1 fully saturated rings. The third-order valence-corrected chi connectivity index (χ3v) is 5.03. The van der Waals surface area contributed by atoms with Crippen LogP contribution in [0.2, 0.25) is 0 Å². The van der Waals surface area contributed by atoms with Crippen molar-refractivity contribution < 1.29 is 9.59 Å². The summed E-state index contributed by atoms with van der Waals surface area (Å²) in [6.45, 7) is 7.09. The minimum atomic E-state index is -0.372. The van der Waals surface area contributed by atoms with E-state index < -0.39 is 0 Å². The summed E-state index contributed by atoms with van der Waals surface area (Å²) in [7, 11) is 0. The van der Waals surface area contributed by atoms with Crippen molar-refractivity contribution in [2.24, 2.45) is 5.73 Å². The first kappa shape index (κ1) is 20.1. The maximum atomic E-state index is 12.7. The van der Waals surface area contributed by atoms with Gasteiger partial charge in [0.05, 0.1) is 24.0 Å². The Morgan fingerprint density at radius 1 is 1.21 bits per heavy atom. The molecule has 7 nitrogen and oxygen atoms in total. The number of nitrogens with zero attached hydrogens (tertiary/aromatic N) is 3. The predicted molar refractivity (Wildman–Crippen MR) is 109 cm³/mol. The maximum Gasteiger partial charge on any atom is 0.239 e. The number of carbonyl (C=O) groups excluding carboxylic acids is 2. The second kappa shape index (κ2) is 8.14. The van der Waals surface area contributed by atoms with Crippen LogP contribution in [0.4, 0.5) is 5.82 Å². The number of rotatable bonds is 5. The fourth-order valence-electron chi connectivity index (χ4n) is 3.47. The lowest BCUT2D eigenvalue weighted by molar-refractivity contribution is -0.126. The van der Waals surface area contributed by atoms with Crippen LogP contribution in [-0.2, 0) is 15.0 Å². The van der Waals surface area contributed by atoms with Crippen molar-refractivity contribution >= 4 is 17.6 Å². The minimum Gasteiger partial charge on any atom is -0.368 e. The van der Waals surface area contributed by atoms with Gasteiger partial charge >= 0.3 is 0 Å². The largest absolute Gasteiger partial charge is 0.368 e. The summed E-state index contributed by atoms with van der Waals surface area (Å²) in [6, 6.07) is 11.2. The van der Waals surface area contributed by atoms with E-state index in [9.17, 15) is 9.59 Å². The van der Waals surface area contributed by atoms with Gasteiger partial charge in [0.2, 0.25) is 11.8 Å². The summed E-state index contributed by atoms with van der Waals surface area (Å²) in [5, 5.41) is 7.69. The Hall–Kier alpha value is -2.67. The molecule has 1 atom stereocenters. The molecule has 0 radical (unpaired) electrons. The van der Waals surface area contributed by atoms with Crippen LogP contribution in [0.15, 0.2) is 36.4 Å². The number of likely N-dealkylation sites (tertiary alicyclic amines) is 1. The molecule has 1 aromatic heterocycles. The molecule has 2 heterocycles.